The Morgan fingerprint density at radius 2 is 2.25 bits per heavy atom. The van der Waals surface area contributed by atoms with Crippen molar-refractivity contribution >= 4 is 22.7 Å². The van der Waals surface area contributed by atoms with Gasteiger partial charge in [0.25, 0.3) is 10.1 Å². The minimum Gasteiger partial charge on any atom is -0.285 e. The first-order valence-corrected chi connectivity index (χ1v) is 5.12. The Morgan fingerprint density at radius 3 is 2.75 bits per heavy atom. The van der Waals surface area contributed by atoms with E-state index in [2.05, 4.69) is 17.6 Å². The Bertz CT molecular complexity index is 374. The number of thiol groups is 1. The predicted octanol–water partition coefficient (Wildman–Crippen LogP) is 0.758. The van der Waals surface area contributed by atoms with Crippen LogP contribution in [0, 0.1) is 0 Å². The van der Waals surface area contributed by atoms with Crippen LogP contribution in [0.4, 0.5) is 0 Å². The van der Waals surface area contributed by atoms with E-state index in [1.165, 1.54) is 18.5 Å². The first kappa shape index (κ1) is 9.50. The molecule has 0 bridgehead atoms. The zero-order chi connectivity index (χ0) is 9.19. The Kier molecular flexibility index (Phi) is 2.71. The van der Waals surface area contributed by atoms with Crippen LogP contribution < -0.4 is 0 Å². The van der Waals surface area contributed by atoms with Gasteiger partial charge in [0, 0.05) is 17.3 Å². The second-order valence-corrected chi connectivity index (χ2v) is 4.16. The minimum atomic E-state index is -3.98. The number of pyridine rings is 1. The van der Waals surface area contributed by atoms with E-state index in [1.807, 2.05) is 0 Å². The van der Waals surface area contributed by atoms with Crippen LogP contribution in [0.1, 0.15) is 5.56 Å². The summed E-state index contributed by atoms with van der Waals surface area (Å²) in [4.78, 5) is 4.18. The van der Waals surface area contributed by atoms with E-state index in [-0.39, 0.29) is 0 Å². The molecule has 1 aromatic rings. The van der Waals surface area contributed by atoms with E-state index in [0.29, 0.717) is 10.5 Å². The van der Waals surface area contributed by atoms with E-state index < -0.39 is 15.9 Å². The highest BCUT2D eigenvalue weighted by molar-refractivity contribution is 7.85. The molecule has 0 aliphatic heterocycles. The van der Waals surface area contributed by atoms with Crippen molar-refractivity contribution < 1.29 is 13.0 Å². The molecule has 0 unspecified atom stereocenters. The van der Waals surface area contributed by atoms with Gasteiger partial charge >= 0.3 is 0 Å². The predicted molar refractivity (Wildman–Crippen MR) is 46.7 cm³/mol. The lowest BCUT2D eigenvalue weighted by atomic mass is 10.3. The summed E-state index contributed by atoms with van der Waals surface area (Å²) < 4.78 is 29.4. The highest BCUT2D eigenvalue weighted by Gasteiger charge is 2.08. The first-order chi connectivity index (χ1) is 5.49. The highest BCUT2D eigenvalue weighted by atomic mass is 32.2. The molecule has 0 aliphatic rings. The molecule has 1 N–H and O–H groups in total. The molecule has 6 heteroatoms. The van der Waals surface area contributed by atoms with E-state index in [1.54, 1.807) is 0 Å². The van der Waals surface area contributed by atoms with Gasteiger partial charge in [-0.2, -0.15) is 8.42 Å². The summed E-state index contributed by atoms with van der Waals surface area (Å²) in [6.45, 7) is 0. The molecular formula is C6H7NO3S2. The molecule has 12 heavy (non-hydrogen) atoms. The molecule has 0 atom stereocenters. The van der Waals surface area contributed by atoms with Crippen LogP contribution in [0.3, 0.4) is 0 Å². The van der Waals surface area contributed by atoms with Crippen molar-refractivity contribution in [3.8, 4) is 0 Å². The molecule has 0 saturated heterocycles. The summed E-state index contributed by atoms with van der Waals surface area (Å²) >= 11 is 3.97. The van der Waals surface area contributed by atoms with Crippen molar-refractivity contribution in [3.05, 3.63) is 24.0 Å². The van der Waals surface area contributed by atoms with Gasteiger partial charge in [-0.1, -0.05) is 0 Å². The van der Waals surface area contributed by atoms with Crippen molar-refractivity contribution in [1.82, 2.24) is 4.98 Å². The van der Waals surface area contributed by atoms with Crippen LogP contribution >= 0.6 is 12.6 Å². The summed E-state index contributed by atoms with van der Waals surface area (Å²) in [5.74, 6) is -0.422. The average Bonchev–Trinajstić information content (AvgIpc) is 1.91. The topological polar surface area (TPSA) is 67.3 Å². The second-order valence-electron chi connectivity index (χ2n) is 2.23. The average molecular weight is 205 g/mol. The third-order valence-electron chi connectivity index (χ3n) is 1.23. The van der Waals surface area contributed by atoms with E-state index in [9.17, 15) is 8.42 Å². The number of hydrogen-bond acceptors (Lipinski definition) is 4. The molecule has 0 fully saturated rings. The normalized spacial score (nSPS) is 11.5. The van der Waals surface area contributed by atoms with Gasteiger partial charge in [0.2, 0.25) is 0 Å². The highest BCUT2D eigenvalue weighted by Crippen LogP contribution is 2.13. The van der Waals surface area contributed by atoms with Crippen LogP contribution in [0.25, 0.3) is 0 Å². The molecule has 0 amide bonds. The van der Waals surface area contributed by atoms with Crippen LogP contribution in [0.15, 0.2) is 23.4 Å². The van der Waals surface area contributed by atoms with Gasteiger partial charge in [-0.05, 0) is 11.6 Å². The van der Waals surface area contributed by atoms with E-state index in [0.717, 1.165) is 0 Å². The molecule has 66 valence electrons. The maximum absolute atomic E-state index is 10.5. The Morgan fingerprint density at radius 1 is 1.58 bits per heavy atom. The maximum atomic E-state index is 10.5. The van der Waals surface area contributed by atoms with Gasteiger partial charge in [0.05, 0.1) is 0 Å². The van der Waals surface area contributed by atoms with Crippen LogP contribution in [0.2, 0.25) is 0 Å². The number of hydrogen-bond donors (Lipinski definition) is 2. The van der Waals surface area contributed by atoms with Crippen molar-refractivity contribution in [2.75, 3.05) is 0 Å². The fraction of sp³-hybridized carbons (Fsp3) is 0.167. The summed E-state index contributed by atoms with van der Waals surface area (Å²) in [5, 5.41) is 0. The van der Waals surface area contributed by atoms with Crippen LogP contribution in [-0.2, 0) is 15.9 Å². The molecular weight excluding hydrogens is 198 g/mol. The van der Waals surface area contributed by atoms with Crippen molar-refractivity contribution in [3.63, 3.8) is 0 Å². The van der Waals surface area contributed by atoms with Crippen molar-refractivity contribution in [2.24, 2.45) is 0 Å². The van der Waals surface area contributed by atoms with Gasteiger partial charge in [-0.25, -0.2) is 0 Å². The molecule has 0 spiro atoms. The zero-order valence-electron chi connectivity index (χ0n) is 6.01. The van der Waals surface area contributed by atoms with E-state index >= 15 is 0 Å². The fourth-order valence-corrected chi connectivity index (χ4v) is 1.71. The molecule has 1 heterocycles. The SMILES string of the molecule is O=S(=O)(O)Cc1ccncc1S. The molecule has 1 aromatic heterocycles. The summed E-state index contributed by atoms with van der Waals surface area (Å²) in [6.07, 6.45) is 2.86. The molecule has 0 aliphatic carbocycles. The standard InChI is InChI=1S/C6H7NO3S2/c8-12(9,10)4-5-1-2-7-3-6(5)11/h1-3,11H,4H2,(H,8,9,10). The number of rotatable bonds is 2. The van der Waals surface area contributed by atoms with Crippen LogP contribution in [-0.4, -0.2) is 18.0 Å². The molecule has 0 radical (unpaired) electrons. The fourth-order valence-electron chi connectivity index (χ4n) is 0.733. The van der Waals surface area contributed by atoms with Crippen molar-refractivity contribution in [1.29, 1.82) is 0 Å². The van der Waals surface area contributed by atoms with Crippen molar-refractivity contribution in [2.45, 2.75) is 10.6 Å². The number of nitrogens with zero attached hydrogens (tertiary/aromatic N) is 1. The number of aromatic nitrogens is 1. The Labute approximate surface area is 75.8 Å². The second kappa shape index (κ2) is 3.42. The summed E-state index contributed by atoms with van der Waals surface area (Å²) in [6, 6.07) is 1.50. The van der Waals surface area contributed by atoms with Gasteiger partial charge in [0.15, 0.2) is 0 Å². The zero-order valence-corrected chi connectivity index (χ0v) is 7.72. The van der Waals surface area contributed by atoms with Gasteiger partial charge < -0.3 is 0 Å². The van der Waals surface area contributed by atoms with Gasteiger partial charge in [0.1, 0.15) is 5.75 Å². The Hall–Kier alpha value is -0.590. The summed E-state index contributed by atoms with van der Waals surface area (Å²) in [5.41, 5.74) is 0.441. The lowest BCUT2D eigenvalue weighted by Crippen LogP contribution is -2.02. The molecule has 1 rings (SSSR count). The molecule has 0 saturated carbocycles. The molecule has 4 nitrogen and oxygen atoms in total. The lowest BCUT2D eigenvalue weighted by molar-refractivity contribution is 0.481. The van der Waals surface area contributed by atoms with Crippen LogP contribution in [0.5, 0.6) is 0 Å². The minimum absolute atomic E-state index is 0.422. The van der Waals surface area contributed by atoms with Gasteiger partial charge in [-0.15, -0.1) is 12.6 Å². The smallest absolute Gasteiger partial charge is 0.269 e. The van der Waals surface area contributed by atoms with Gasteiger partial charge in [-0.3, -0.25) is 9.54 Å². The third kappa shape index (κ3) is 2.80. The van der Waals surface area contributed by atoms with E-state index in [4.69, 9.17) is 4.55 Å². The first-order valence-electron chi connectivity index (χ1n) is 3.06. The quantitative estimate of drug-likeness (QED) is 0.552. The third-order valence-corrected chi connectivity index (χ3v) is 2.30. The lowest BCUT2D eigenvalue weighted by Gasteiger charge is -2.00. The Balaban J connectivity index is 2.98. The maximum Gasteiger partial charge on any atom is 0.269 e. The largest absolute Gasteiger partial charge is 0.285 e. The monoisotopic (exact) mass is 205 g/mol. The molecule has 0 aromatic carbocycles. The summed E-state index contributed by atoms with van der Waals surface area (Å²) in [7, 11) is -3.98.